The summed E-state index contributed by atoms with van der Waals surface area (Å²) >= 11 is 3.49. The van der Waals surface area contributed by atoms with Gasteiger partial charge in [0.25, 0.3) is 0 Å². The highest BCUT2D eigenvalue weighted by atomic mass is 79.9. The Bertz CT molecular complexity index is 843. The van der Waals surface area contributed by atoms with Crippen molar-refractivity contribution in [2.45, 2.75) is 13.0 Å². The number of methoxy groups -OCH3 is 1. The standard InChI is InChI=1S/C20H19BrN2O3/c1-14(16-5-3-4-6-17(16)21)23-20(24)10-8-15-7-9-18(26-12-11-22)19(13-15)25-2/h3-10,13-14H,12H2,1-2H3,(H,23,24)/b10-8+/t14-/m1/s1. The number of benzene rings is 2. The van der Waals surface area contributed by atoms with Gasteiger partial charge in [-0.15, -0.1) is 0 Å². The van der Waals surface area contributed by atoms with Crippen LogP contribution in [0, 0.1) is 11.3 Å². The van der Waals surface area contributed by atoms with Gasteiger partial charge in [0.2, 0.25) is 5.91 Å². The first kappa shape index (κ1) is 19.5. The molecule has 2 aromatic rings. The molecule has 0 unspecified atom stereocenters. The number of carbonyl (C=O) groups excluding carboxylic acids is 1. The fourth-order valence-corrected chi connectivity index (χ4v) is 2.98. The molecule has 6 heteroatoms. The van der Waals surface area contributed by atoms with Gasteiger partial charge in [-0.2, -0.15) is 5.26 Å². The van der Waals surface area contributed by atoms with Gasteiger partial charge in [0.05, 0.1) is 13.2 Å². The normalized spacial score (nSPS) is 11.6. The molecule has 0 fully saturated rings. The minimum absolute atomic E-state index is 0.0547. The molecule has 0 aliphatic heterocycles. The van der Waals surface area contributed by atoms with Gasteiger partial charge in [-0.25, -0.2) is 0 Å². The molecule has 0 heterocycles. The minimum Gasteiger partial charge on any atom is -0.493 e. The lowest BCUT2D eigenvalue weighted by Gasteiger charge is -2.14. The smallest absolute Gasteiger partial charge is 0.244 e. The average Bonchev–Trinajstić information content (AvgIpc) is 2.65. The molecule has 26 heavy (non-hydrogen) atoms. The highest BCUT2D eigenvalue weighted by molar-refractivity contribution is 9.10. The molecule has 0 aliphatic carbocycles. The summed E-state index contributed by atoms with van der Waals surface area (Å²) in [6.45, 7) is 1.87. The van der Waals surface area contributed by atoms with Crippen molar-refractivity contribution < 1.29 is 14.3 Å². The molecule has 1 amide bonds. The van der Waals surface area contributed by atoms with Crippen molar-refractivity contribution in [3.8, 4) is 17.6 Å². The second kappa shape index (κ2) is 9.64. The Morgan fingerprint density at radius 1 is 1.31 bits per heavy atom. The summed E-state index contributed by atoms with van der Waals surface area (Å²) in [7, 11) is 1.52. The summed E-state index contributed by atoms with van der Waals surface area (Å²) in [6.07, 6.45) is 3.16. The number of rotatable bonds is 7. The molecule has 1 N–H and O–H groups in total. The zero-order valence-corrected chi connectivity index (χ0v) is 16.1. The number of nitriles is 1. The first-order valence-electron chi connectivity index (χ1n) is 7.96. The molecule has 134 valence electrons. The van der Waals surface area contributed by atoms with Gasteiger partial charge in [-0.1, -0.05) is 40.2 Å². The summed E-state index contributed by atoms with van der Waals surface area (Å²) in [5.41, 5.74) is 1.80. The van der Waals surface area contributed by atoms with Gasteiger partial charge < -0.3 is 14.8 Å². The lowest BCUT2D eigenvalue weighted by atomic mass is 10.1. The monoisotopic (exact) mass is 414 g/mol. The molecular weight excluding hydrogens is 396 g/mol. The number of ether oxygens (including phenoxy) is 2. The topological polar surface area (TPSA) is 71.3 Å². The summed E-state index contributed by atoms with van der Waals surface area (Å²) in [5, 5.41) is 11.5. The summed E-state index contributed by atoms with van der Waals surface area (Å²) in [4.78, 5) is 12.2. The first-order valence-corrected chi connectivity index (χ1v) is 8.75. The van der Waals surface area contributed by atoms with Gasteiger partial charge in [0.15, 0.2) is 18.1 Å². The van der Waals surface area contributed by atoms with E-state index in [1.807, 2.05) is 37.3 Å². The molecule has 0 spiro atoms. The van der Waals surface area contributed by atoms with Crippen molar-refractivity contribution in [2.75, 3.05) is 13.7 Å². The third-order valence-electron chi connectivity index (χ3n) is 3.64. The van der Waals surface area contributed by atoms with Crippen LogP contribution in [0.5, 0.6) is 11.5 Å². The SMILES string of the molecule is COc1cc(/C=C/C(=O)N[C@H](C)c2ccccc2Br)ccc1OCC#N. The molecule has 0 bridgehead atoms. The van der Waals surface area contributed by atoms with Crippen LogP contribution in [-0.2, 0) is 4.79 Å². The second-order valence-electron chi connectivity index (χ2n) is 5.44. The number of nitrogens with one attached hydrogen (secondary N) is 1. The van der Waals surface area contributed by atoms with Gasteiger partial charge in [0.1, 0.15) is 6.07 Å². The lowest BCUT2D eigenvalue weighted by Crippen LogP contribution is -2.24. The van der Waals surface area contributed by atoms with Crippen molar-refractivity contribution >= 4 is 27.9 Å². The van der Waals surface area contributed by atoms with Crippen molar-refractivity contribution in [3.63, 3.8) is 0 Å². The highest BCUT2D eigenvalue weighted by Gasteiger charge is 2.10. The number of amides is 1. The van der Waals surface area contributed by atoms with Gasteiger partial charge in [0, 0.05) is 10.5 Å². The Hall–Kier alpha value is -2.78. The average molecular weight is 415 g/mol. The fraction of sp³-hybridized carbons (Fsp3) is 0.200. The Balaban J connectivity index is 2.03. The Kier molecular flexibility index (Phi) is 7.24. The molecule has 0 aromatic heterocycles. The highest BCUT2D eigenvalue weighted by Crippen LogP contribution is 2.28. The third kappa shape index (κ3) is 5.36. The maximum absolute atomic E-state index is 12.2. The van der Waals surface area contributed by atoms with E-state index in [-0.39, 0.29) is 18.6 Å². The number of halogens is 1. The van der Waals surface area contributed by atoms with E-state index in [1.54, 1.807) is 24.3 Å². The van der Waals surface area contributed by atoms with Gasteiger partial charge >= 0.3 is 0 Å². The summed E-state index contributed by atoms with van der Waals surface area (Å²) < 4.78 is 11.5. The largest absolute Gasteiger partial charge is 0.493 e. The molecule has 0 aliphatic rings. The van der Waals surface area contributed by atoms with E-state index in [9.17, 15) is 4.79 Å². The van der Waals surface area contributed by atoms with Crippen molar-refractivity contribution in [1.82, 2.24) is 5.32 Å². The van der Waals surface area contributed by atoms with E-state index in [0.717, 1.165) is 15.6 Å². The molecule has 2 aromatic carbocycles. The molecule has 0 saturated heterocycles. The molecule has 0 radical (unpaired) electrons. The van der Waals surface area contributed by atoms with Gasteiger partial charge in [-0.3, -0.25) is 4.79 Å². The van der Waals surface area contributed by atoms with Crippen LogP contribution >= 0.6 is 15.9 Å². The van der Waals surface area contributed by atoms with Crippen LogP contribution in [0.25, 0.3) is 6.08 Å². The van der Waals surface area contributed by atoms with E-state index in [2.05, 4.69) is 21.2 Å². The van der Waals surface area contributed by atoms with Crippen LogP contribution < -0.4 is 14.8 Å². The molecule has 1 atom stereocenters. The van der Waals surface area contributed by atoms with Crippen LogP contribution in [0.1, 0.15) is 24.1 Å². The summed E-state index contributed by atoms with van der Waals surface area (Å²) in [6, 6.07) is 14.8. The van der Waals surface area contributed by atoms with E-state index in [0.29, 0.717) is 11.5 Å². The van der Waals surface area contributed by atoms with Gasteiger partial charge in [-0.05, 0) is 42.3 Å². The number of nitrogens with zero attached hydrogens (tertiary/aromatic N) is 1. The predicted octanol–water partition coefficient (Wildman–Crippen LogP) is 4.25. The lowest BCUT2D eigenvalue weighted by molar-refractivity contribution is -0.117. The summed E-state index contributed by atoms with van der Waals surface area (Å²) in [5.74, 6) is 0.791. The van der Waals surface area contributed by atoms with Crippen molar-refractivity contribution in [3.05, 3.63) is 64.1 Å². The third-order valence-corrected chi connectivity index (χ3v) is 4.36. The van der Waals surface area contributed by atoms with Crippen molar-refractivity contribution in [2.24, 2.45) is 0 Å². The molecule has 2 rings (SSSR count). The van der Waals surface area contributed by atoms with Crippen LogP contribution in [0.15, 0.2) is 53.0 Å². The number of hydrogen-bond donors (Lipinski definition) is 1. The first-order chi connectivity index (χ1) is 12.5. The quantitative estimate of drug-likeness (QED) is 0.687. The zero-order chi connectivity index (χ0) is 18.9. The van der Waals surface area contributed by atoms with E-state index in [1.165, 1.54) is 13.2 Å². The van der Waals surface area contributed by atoms with E-state index in [4.69, 9.17) is 14.7 Å². The molecule has 5 nitrogen and oxygen atoms in total. The Morgan fingerprint density at radius 3 is 2.77 bits per heavy atom. The fourth-order valence-electron chi connectivity index (χ4n) is 2.35. The molecule has 0 saturated carbocycles. The minimum atomic E-state index is -0.197. The maximum atomic E-state index is 12.2. The van der Waals surface area contributed by atoms with Crippen LogP contribution in [0.4, 0.5) is 0 Å². The van der Waals surface area contributed by atoms with Crippen LogP contribution in [0.2, 0.25) is 0 Å². The number of hydrogen-bond acceptors (Lipinski definition) is 4. The Labute approximate surface area is 161 Å². The number of carbonyl (C=O) groups is 1. The second-order valence-corrected chi connectivity index (χ2v) is 6.30. The van der Waals surface area contributed by atoms with E-state index < -0.39 is 0 Å². The Morgan fingerprint density at radius 2 is 2.08 bits per heavy atom. The van der Waals surface area contributed by atoms with Crippen LogP contribution in [-0.4, -0.2) is 19.6 Å². The maximum Gasteiger partial charge on any atom is 0.244 e. The van der Waals surface area contributed by atoms with Crippen LogP contribution in [0.3, 0.4) is 0 Å². The zero-order valence-electron chi connectivity index (χ0n) is 14.5. The predicted molar refractivity (Wildman–Crippen MR) is 104 cm³/mol. The molecular formula is C20H19BrN2O3. The van der Waals surface area contributed by atoms with E-state index >= 15 is 0 Å². The van der Waals surface area contributed by atoms with Crippen molar-refractivity contribution in [1.29, 1.82) is 5.26 Å².